The first kappa shape index (κ1) is 30.4. The summed E-state index contributed by atoms with van der Waals surface area (Å²) in [7, 11) is 0. The molecule has 4 atom stereocenters. The fraction of sp³-hybridized carbons (Fsp3) is 0.485. The van der Waals surface area contributed by atoms with E-state index in [0.29, 0.717) is 56.7 Å². The first-order valence-electron chi connectivity index (χ1n) is 15.1. The van der Waals surface area contributed by atoms with Gasteiger partial charge in [0, 0.05) is 44.2 Å². The van der Waals surface area contributed by atoms with Crippen molar-refractivity contribution in [3.63, 3.8) is 0 Å². The molecule has 9 heteroatoms. The highest BCUT2D eigenvalue weighted by atomic mass is 32.1. The van der Waals surface area contributed by atoms with Crippen LogP contribution in [0.1, 0.15) is 36.4 Å². The van der Waals surface area contributed by atoms with Gasteiger partial charge in [-0.05, 0) is 48.4 Å². The highest BCUT2D eigenvalue weighted by Gasteiger charge is 2.36. The average molecular weight is 590 g/mol. The smallest absolute Gasteiger partial charge is 0.247 e. The van der Waals surface area contributed by atoms with E-state index in [2.05, 4.69) is 59.5 Å². The first-order valence-corrected chi connectivity index (χ1v) is 15.9. The maximum atomic E-state index is 13.8. The Morgan fingerprint density at radius 1 is 1.12 bits per heavy atom. The van der Waals surface area contributed by atoms with Gasteiger partial charge in [0.2, 0.25) is 11.8 Å². The molecule has 1 aliphatic carbocycles. The molecule has 224 valence electrons. The lowest BCUT2D eigenvalue weighted by atomic mass is 10.0. The number of hydrogen-bond donors (Lipinski definition) is 3. The Labute approximate surface area is 252 Å². The molecule has 2 aliphatic rings. The number of benzene rings is 2. The fourth-order valence-electron chi connectivity index (χ4n) is 5.36. The van der Waals surface area contributed by atoms with Crippen LogP contribution in [0.2, 0.25) is 0 Å². The van der Waals surface area contributed by atoms with E-state index in [1.54, 1.807) is 11.3 Å². The molecule has 3 aromatic rings. The van der Waals surface area contributed by atoms with Gasteiger partial charge in [-0.15, -0.1) is 11.3 Å². The molecule has 1 saturated carbocycles. The zero-order valence-corrected chi connectivity index (χ0v) is 25.6. The summed E-state index contributed by atoms with van der Waals surface area (Å²) in [5, 5.41) is 10.8. The number of amides is 2. The molecule has 2 amide bonds. The van der Waals surface area contributed by atoms with Crippen molar-refractivity contribution in [3.8, 4) is 0 Å². The van der Waals surface area contributed by atoms with Gasteiger partial charge in [-0.2, -0.15) is 0 Å². The monoisotopic (exact) mass is 589 g/mol. The second-order valence-corrected chi connectivity index (χ2v) is 12.7. The van der Waals surface area contributed by atoms with E-state index in [1.165, 1.54) is 5.56 Å². The van der Waals surface area contributed by atoms with E-state index in [4.69, 9.17) is 9.72 Å². The van der Waals surface area contributed by atoms with Crippen LogP contribution in [0.25, 0.3) is 10.2 Å². The number of carbonyl (C=O) groups is 2. The number of ether oxygens (including phenoxy) is 1. The van der Waals surface area contributed by atoms with Crippen molar-refractivity contribution in [3.05, 3.63) is 76.8 Å². The molecule has 42 heavy (non-hydrogen) atoms. The quantitative estimate of drug-likeness (QED) is 0.249. The second-order valence-electron chi connectivity index (χ2n) is 11.6. The van der Waals surface area contributed by atoms with Crippen LogP contribution in [-0.2, 0) is 33.6 Å². The van der Waals surface area contributed by atoms with Crippen molar-refractivity contribution in [1.29, 1.82) is 0 Å². The minimum Gasteiger partial charge on any atom is -0.379 e. The van der Waals surface area contributed by atoms with Crippen LogP contribution in [0.5, 0.6) is 0 Å². The molecule has 2 heterocycles. The van der Waals surface area contributed by atoms with Crippen molar-refractivity contribution in [2.24, 2.45) is 5.92 Å². The number of carbonyl (C=O) groups excluding carboxylic acids is 2. The molecule has 3 unspecified atom stereocenters. The van der Waals surface area contributed by atoms with Gasteiger partial charge in [0.05, 0.1) is 40.5 Å². The largest absolute Gasteiger partial charge is 0.379 e. The van der Waals surface area contributed by atoms with Gasteiger partial charge in [-0.3, -0.25) is 14.5 Å². The number of hydrogen-bond acceptors (Lipinski definition) is 7. The predicted octanol–water partition coefficient (Wildman–Crippen LogP) is 3.50. The molecule has 0 bridgehead atoms. The summed E-state index contributed by atoms with van der Waals surface area (Å²) in [4.78, 5) is 33.8. The number of nitrogens with zero attached hydrogens (tertiary/aromatic N) is 2. The lowest BCUT2D eigenvalue weighted by molar-refractivity contribution is -0.124. The van der Waals surface area contributed by atoms with Crippen molar-refractivity contribution >= 4 is 33.4 Å². The fourth-order valence-corrected chi connectivity index (χ4v) is 6.43. The average Bonchev–Trinajstić information content (AvgIpc) is 3.54. The number of thiazole rings is 1. The molecule has 3 N–H and O–H groups in total. The normalized spacial score (nSPS) is 20.1. The second kappa shape index (κ2) is 14.4. The van der Waals surface area contributed by atoms with E-state index in [0.717, 1.165) is 46.7 Å². The van der Waals surface area contributed by atoms with E-state index >= 15 is 0 Å². The summed E-state index contributed by atoms with van der Waals surface area (Å²) >= 11 is 1.66. The van der Waals surface area contributed by atoms with Gasteiger partial charge >= 0.3 is 0 Å². The van der Waals surface area contributed by atoms with Crippen LogP contribution >= 0.6 is 11.3 Å². The van der Waals surface area contributed by atoms with Gasteiger partial charge in [-0.1, -0.05) is 56.8 Å². The molecule has 8 nitrogen and oxygen atoms in total. The number of rotatable bonds is 14. The molecule has 1 aromatic heterocycles. The molecular formula is C33H43N5O3S. The van der Waals surface area contributed by atoms with Gasteiger partial charge in [0.1, 0.15) is 0 Å². The molecule has 5 rings (SSSR count). The standard InChI is InChI=1S/C33H43N5O3S/c1-4-24-10-11-27-30(18-24)42-31(37-27)19-29(36-28-16-22(28)2)33(40)35-26(17-25-8-6-5-7-9-25)20-34-32(39)23(3)21-38-12-14-41-15-13-38/h5-11,18,22,26,28-29,36H,3-4,12-17,19-21H2,1-2H3,(H,34,39)(H,35,40)/t22?,26?,28?,29-/m0/s1. The number of nitrogens with one attached hydrogen (secondary N) is 3. The summed E-state index contributed by atoms with van der Waals surface area (Å²) in [6.07, 6.45) is 3.18. The Hall–Kier alpha value is -3.11. The summed E-state index contributed by atoms with van der Waals surface area (Å²) in [6, 6.07) is 16.1. The van der Waals surface area contributed by atoms with E-state index in [9.17, 15) is 9.59 Å². The third-order valence-corrected chi connectivity index (χ3v) is 9.19. The van der Waals surface area contributed by atoms with Crippen LogP contribution in [0, 0.1) is 5.92 Å². The van der Waals surface area contributed by atoms with Crippen LogP contribution in [-0.4, -0.2) is 79.2 Å². The molecule has 0 radical (unpaired) electrons. The number of morpholine rings is 1. The van der Waals surface area contributed by atoms with Gasteiger partial charge in [-0.25, -0.2) is 4.98 Å². The lowest BCUT2D eigenvalue weighted by Gasteiger charge is -2.27. The Balaban J connectivity index is 1.25. The topological polar surface area (TPSA) is 95.6 Å². The highest BCUT2D eigenvalue weighted by molar-refractivity contribution is 7.18. The predicted molar refractivity (Wildman–Crippen MR) is 169 cm³/mol. The minimum atomic E-state index is -0.406. The van der Waals surface area contributed by atoms with Crippen molar-refractivity contribution in [1.82, 2.24) is 25.8 Å². The zero-order valence-electron chi connectivity index (χ0n) is 24.7. The van der Waals surface area contributed by atoms with Crippen molar-refractivity contribution in [2.75, 3.05) is 39.4 Å². The Morgan fingerprint density at radius 2 is 1.88 bits per heavy atom. The van der Waals surface area contributed by atoms with Gasteiger partial charge in [0.25, 0.3) is 0 Å². The van der Waals surface area contributed by atoms with Crippen LogP contribution in [0.15, 0.2) is 60.7 Å². The Kier molecular flexibility index (Phi) is 10.4. The SMILES string of the molecule is C=C(CN1CCOCC1)C(=O)NCC(Cc1ccccc1)NC(=O)[C@H](Cc1nc2ccc(CC)cc2s1)NC1CC1C. The molecule has 1 aliphatic heterocycles. The number of aromatic nitrogens is 1. The molecule has 2 fully saturated rings. The third-order valence-electron chi connectivity index (χ3n) is 8.14. The first-order chi connectivity index (χ1) is 20.4. The third kappa shape index (κ3) is 8.47. The maximum Gasteiger partial charge on any atom is 0.247 e. The molecular weight excluding hydrogens is 546 g/mol. The van der Waals surface area contributed by atoms with E-state index in [-0.39, 0.29) is 17.9 Å². The molecule has 0 spiro atoms. The van der Waals surface area contributed by atoms with Gasteiger partial charge in [0.15, 0.2) is 0 Å². The summed E-state index contributed by atoms with van der Waals surface area (Å²) in [6.45, 7) is 12.1. The number of aryl methyl sites for hydroxylation is 1. The lowest BCUT2D eigenvalue weighted by Crippen LogP contribution is -2.53. The van der Waals surface area contributed by atoms with Crippen LogP contribution in [0.4, 0.5) is 0 Å². The van der Waals surface area contributed by atoms with Gasteiger partial charge < -0.3 is 20.7 Å². The summed E-state index contributed by atoms with van der Waals surface area (Å²) < 4.78 is 6.57. The Bertz CT molecular complexity index is 1370. The van der Waals surface area contributed by atoms with Crippen molar-refractivity contribution in [2.45, 2.75) is 57.7 Å². The summed E-state index contributed by atoms with van der Waals surface area (Å²) in [5.74, 6) is 0.306. The zero-order chi connectivity index (χ0) is 29.5. The van der Waals surface area contributed by atoms with Crippen LogP contribution < -0.4 is 16.0 Å². The van der Waals surface area contributed by atoms with Crippen molar-refractivity contribution < 1.29 is 14.3 Å². The number of fused-ring (bicyclic) bond motifs is 1. The summed E-state index contributed by atoms with van der Waals surface area (Å²) in [5.41, 5.74) is 3.89. The molecule has 1 saturated heterocycles. The maximum absolute atomic E-state index is 13.8. The van der Waals surface area contributed by atoms with E-state index < -0.39 is 6.04 Å². The van der Waals surface area contributed by atoms with Crippen LogP contribution in [0.3, 0.4) is 0 Å². The highest BCUT2D eigenvalue weighted by Crippen LogP contribution is 2.30. The minimum absolute atomic E-state index is 0.0649. The van der Waals surface area contributed by atoms with E-state index in [1.807, 2.05) is 30.3 Å². The Morgan fingerprint density at radius 3 is 2.60 bits per heavy atom. The molecule has 2 aromatic carbocycles.